The average Bonchev–Trinajstić information content (AvgIpc) is 3.31. The number of carbonyl (C=O) groups excluding carboxylic acids is 1. The van der Waals surface area contributed by atoms with Crippen molar-refractivity contribution >= 4 is 34.3 Å². The molecule has 0 saturated carbocycles. The molecule has 30 heavy (non-hydrogen) atoms. The molecule has 0 aliphatic rings. The van der Waals surface area contributed by atoms with E-state index in [9.17, 15) is 4.79 Å². The Morgan fingerprint density at radius 1 is 1.23 bits per heavy atom. The van der Waals surface area contributed by atoms with Crippen LogP contribution in [0.2, 0.25) is 0 Å². The van der Waals surface area contributed by atoms with Gasteiger partial charge in [0.05, 0.1) is 23.1 Å². The molecule has 0 aliphatic carbocycles. The van der Waals surface area contributed by atoms with Crippen LogP contribution < -0.4 is 10.6 Å². The number of anilines is 3. The van der Waals surface area contributed by atoms with Gasteiger partial charge in [-0.2, -0.15) is 5.10 Å². The zero-order valence-corrected chi connectivity index (χ0v) is 17.2. The van der Waals surface area contributed by atoms with Crippen molar-refractivity contribution in [3.05, 3.63) is 49.1 Å². The Morgan fingerprint density at radius 2 is 2.03 bits per heavy atom. The molecule has 1 amide bonds. The minimum atomic E-state index is -0.678. The smallest absolute Gasteiger partial charge is 0.422 e. The molecule has 1 aromatic carbocycles. The lowest BCUT2D eigenvalue weighted by atomic mass is 10.1. The quantitative estimate of drug-likeness (QED) is 0.498. The van der Waals surface area contributed by atoms with Gasteiger partial charge in [-0.3, -0.25) is 4.68 Å². The number of nitrogen functional groups attached to an aromatic ring is 1. The molecule has 0 saturated heterocycles. The van der Waals surface area contributed by atoms with Crippen molar-refractivity contribution in [3.63, 3.8) is 0 Å². The molecule has 3 heterocycles. The van der Waals surface area contributed by atoms with Gasteiger partial charge in [0, 0.05) is 42.3 Å². The van der Waals surface area contributed by atoms with Gasteiger partial charge in [-0.15, -0.1) is 0 Å². The maximum atomic E-state index is 13.0. The average molecular weight is 405 g/mol. The van der Waals surface area contributed by atoms with Crippen LogP contribution in [0, 0.1) is 0 Å². The van der Waals surface area contributed by atoms with Gasteiger partial charge < -0.3 is 15.5 Å². The summed E-state index contributed by atoms with van der Waals surface area (Å²) in [6.07, 6.45) is 6.11. The van der Waals surface area contributed by atoms with Gasteiger partial charge >= 0.3 is 6.09 Å². The Balaban J connectivity index is 1.81. The SMILES string of the molecule is Cn1cc(N(C(=O)OC(C)(C)C)c2nccc(-c3ccc(N)c4cc[nH]c34)n2)cn1. The van der Waals surface area contributed by atoms with Crippen LogP contribution in [0.4, 0.5) is 22.1 Å². The van der Waals surface area contributed by atoms with E-state index in [1.807, 2.05) is 24.4 Å². The summed E-state index contributed by atoms with van der Waals surface area (Å²) < 4.78 is 7.18. The van der Waals surface area contributed by atoms with E-state index in [1.54, 1.807) is 57.2 Å². The van der Waals surface area contributed by atoms with E-state index < -0.39 is 11.7 Å². The van der Waals surface area contributed by atoms with Crippen LogP contribution in [-0.2, 0) is 11.8 Å². The summed E-state index contributed by atoms with van der Waals surface area (Å²) in [6.45, 7) is 5.42. The van der Waals surface area contributed by atoms with Crippen molar-refractivity contribution in [2.75, 3.05) is 10.6 Å². The molecule has 4 aromatic rings. The zero-order valence-electron chi connectivity index (χ0n) is 17.2. The van der Waals surface area contributed by atoms with Gasteiger partial charge in [-0.1, -0.05) is 0 Å². The lowest BCUT2D eigenvalue weighted by molar-refractivity contribution is 0.0597. The van der Waals surface area contributed by atoms with Crippen molar-refractivity contribution in [3.8, 4) is 11.3 Å². The van der Waals surface area contributed by atoms with Crippen LogP contribution in [0.25, 0.3) is 22.2 Å². The number of aromatic amines is 1. The number of benzene rings is 1. The third-order valence-electron chi connectivity index (χ3n) is 4.40. The van der Waals surface area contributed by atoms with Gasteiger partial charge in [0.25, 0.3) is 0 Å². The fraction of sp³-hybridized carbons (Fsp3) is 0.238. The van der Waals surface area contributed by atoms with Gasteiger partial charge in [0.1, 0.15) is 5.60 Å². The first-order valence-electron chi connectivity index (χ1n) is 9.44. The molecule has 0 unspecified atom stereocenters. The number of aryl methyl sites for hydroxylation is 1. The summed E-state index contributed by atoms with van der Waals surface area (Å²) in [6, 6.07) is 7.42. The van der Waals surface area contributed by atoms with Crippen LogP contribution in [0.15, 0.2) is 49.1 Å². The molecule has 0 bridgehead atoms. The monoisotopic (exact) mass is 405 g/mol. The number of fused-ring (bicyclic) bond motifs is 1. The van der Waals surface area contributed by atoms with Gasteiger partial charge in [0.2, 0.25) is 5.95 Å². The van der Waals surface area contributed by atoms with E-state index in [4.69, 9.17) is 10.5 Å². The summed E-state index contributed by atoms with van der Waals surface area (Å²) in [5, 5.41) is 5.07. The highest BCUT2D eigenvalue weighted by Gasteiger charge is 2.28. The number of aromatic nitrogens is 5. The second-order valence-corrected chi connectivity index (χ2v) is 7.90. The van der Waals surface area contributed by atoms with Crippen LogP contribution in [0.5, 0.6) is 0 Å². The molecule has 9 nitrogen and oxygen atoms in total. The minimum absolute atomic E-state index is 0.186. The number of hydrogen-bond donors (Lipinski definition) is 2. The largest absolute Gasteiger partial charge is 0.443 e. The van der Waals surface area contributed by atoms with Crippen molar-refractivity contribution in [2.24, 2.45) is 7.05 Å². The second-order valence-electron chi connectivity index (χ2n) is 7.90. The number of nitrogens with one attached hydrogen (secondary N) is 1. The van der Waals surface area contributed by atoms with Crippen molar-refractivity contribution < 1.29 is 9.53 Å². The molecule has 9 heteroatoms. The Bertz CT molecular complexity index is 1220. The van der Waals surface area contributed by atoms with E-state index in [1.165, 1.54) is 4.90 Å². The number of nitrogens with zero attached hydrogens (tertiary/aromatic N) is 5. The highest BCUT2D eigenvalue weighted by atomic mass is 16.6. The molecule has 3 N–H and O–H groups in total. The molecule has 4 rings (SSSR count). The Morgan fingerprint density at radius 3 is 2.73 bits per heavy atom. The van der Waals surface area contributed by atoms with Gasteiger partial charge in [-0.25, -0.2) is 19.7 Å². The minimum Gasteiger partial charge on any atom is -0.443 e. The van der Waals surface area contributed by atoms with Gasteiger partial charge in [-0.05, 0) is 45.0 Å². The number of H-pyrrole nitrogens is 1. The number of hydrogen-bond acceptors (Lipinski definition) is 6. The predicted octanol–water partition coefficient (Wildman–Crippen LogP) is 4.01. The molecule has 154 valence electrons. The van der Waals surface area contributed by atoms with Crippen molar-refractivity contribution in [1.29, 1.82) is 0 Å². The number of amides is 1. The van der Waals surface area contributed by atoms with E-state index in [0.29, 0.717) is 17.1 Å². The topological polar surface area (TPSA) is 115 Å². The van der Waals surface area contributed by atoms with Crippen LogP contribution in [-0.4, -0.2) is 36.4 Å². The van der Waals surface area contributed by atoms with Crippen LogP contribution >= 0.6 is 0 Å². The first-order chi connectivity index (χ1) is 14.2. The number of rotatable bonds is 3. The lowest BCUT2D eigenvalue weighted by Gasteiger charge is -2.25. The summed E-state index contributed by atoms with van der Waals surface area (Å²) in [4.78, 5) is 26.5. The normalized spacial score (nSPS) is 11.6. The molecule has 3 aromatic heterocycles. The predicted molar refractivity (Wildman–Crippen MR) is 115 cm³/mol. The highest BCUT2D eigenvalue weighted by Crippen LogP contribution is 2.32. The standard InChI is InChI=1S/C21H23N7O2/c1-21(2,3)30-20(29)28(13-11-25-27(4)12-13)19-24-10-8-17(26-19)15-5-6-16(22)14-7-9-23-18(14)15/h5-12,23H,22H2,1-4H3. The first kappa shape index (κ1) is 19.4. The maximum Gasteiger partial charge on any atom is 0.422 e. The molecule has 0 spiro atoms. The Kier molecular flexibility index (Phi) is 4.65. The van der Waals surface area contributed by atoms with E-state index >= 15 is 0 Å². The lowest BCUT2D eigenvalue weighted by Crippen LogP contribution is -2.34. The summed E-state index contributed by atoms with van der Waals surface area (Å²) in [5.41, 5.74) is 8.93. The molecular formula is C21H23N7O2. The number of carbonyl (C=O) groups is 1. The summed E-state index contributed by atoms with van der Waals surface area (Å²) in [5.74, 6) is 0.186. The Labute approximate surface area is 173 Å². The zero-order chi connectivity index (χ0) is 21.5. The van der Waals surface area contributed by atoms with Crippen LogP contribution in [0.3, 0.4) is 0 Å². The highest BCUT2D eigenvalue weighted by molar-refractivity contribution is 6.00. The van der Waals surface area contributed by atoms with E-state index in [2.05, 4.69) is 20.1 Å². The third-order valence-corrected chi connectivity index (χ3v) is 4.40. The number of nitrogens with two attached hydrogens (primary N) is 1. The van der Waals surface area contributed by atoms with Crippen molar-refractivity contribution in [1.82, 2.24) is 24.7 Å². The molecule has 0 radical (unpaired) electrons. The molecular weight excluding hydrogens is 382 g/mol. The Hall–Kier alpha value is -3.88. The molecule has 0 atom stereocenters. The fourth-order valence-electron chi connectivity index (χ4n) is 3.13. The summed E-state index contributed by atoms with van der Waals surface area (Å²) in [7, 11) is 1.77. The molecule has 0 fully saturated rings. The number of ether oxygens (including phenoxy) is 1. The van der Waals surface area contributed by atoms with Crippen molar-refractivity contribution in [2.45, 2.75) is 26.4 Å². The second kappa shape index (κ2) is 7.18. The first-order valence-corrected chi connectivity index (χ1v) is 9.44. The third kappa shape index (κ3) is 3.69. The maximum absolute atomic E-state index is 13.0. The fourth-order valence-corrected chi connectivity index (χ4v) is 3.13. The van der Waals surface area contributed by atoms with E-state index in [-0.39, 0.29) is 5.95 Å². The van der Waals surface area contributed by atoms with Crippen LogP contribution in [0.1, 0.15) is 20.8 Å². The van der Waals surface area contributed by atoms with Gasteiger partial charge in [0.15, 0.2) is 0 Å². The van der Waals surface area contributed by atoms with E-state index in [0.717, 1.165) is 16.5 Å². The summed E-state index contributed by atoms with van der Waals surface area (Å²) >= 11 is 0. The molecule has 0 aliphatic heterocycles.